The summed E-state index contributed by atoms with van der Waals surface area (Å²) in [6.45, 7) is 4.87. The lowest BCUT2D eigenvalue weighted by Crippen LogP contribution is -2.48. The Kier molecular flexibility index (Phi) is 6.14. The number of halogens is 1. The molecule has 5 heteroatoms. The summed E-state index contributed by atoms with van der Waals surface area (Å²) in [5.41, 5.74) is 1.15. The van der Waals surface area contributed by atoms with Crippen LogP contribution in [0.25, 0.3) is 0 Å². The summed E-state index contributed by atoms with van der Waals surface area (Å²) in [4.78, 5) is 17.3. The Morgan fingerprint density at radius 3 is 2.71 bits per heavy atom. The van der Waals surface area contributed by atoms with Crippen molar-refractivity contribution < 1.29 is 4.79 Å². The maximum atomic E-state index is 12.6. The molecule has 2 fully saturated rings. The second kappa shape index (κ2) is 8.32. The molecule has 2 aliphatic heterocycles. The van der Waals surface area contributed by atoms with Gasteiger partial charge in [-0.3, -0.25) is 9.69 Å². The first kappa shape index (κ1) is 17.7. The fraction of sp³-hybridized carbons (Fsp3) is 0.632. The van der Waals surface area contributed by atoms with Gasteiger partial charge in [-0.25, -0.2) is 0 Å². The predicted octanol–water partition coefficient (Wildman–Crippen LogP) is 2.76. The highest BCUT2D eigenvalue weighted by Crippen LogP contribution is 2.22. The Balaban J connectivity index is 1.51. The van der Waals surface area contributed by atoms with Crippen molar-refractivity contribution in [1.29, 1.82) is 0 Å². The van der Waals surface area contributed by atoms with E-state index < -0.39 is 0 Å². The van der Waals surface area contributed by atoms with Gasteiger partial charge in [0, 0.05) is 24.2 Å². The van der Waals surface area contributed by atoms with Crippen LogP contribution in [0.3, 0.4) is 0 Å². The van der Waals surface area contributed by atoms with E-state index in [-0.39, 0.29) is 11.8 Å². The Labute approximate surface area is 150 Å². The van der Waals surface area contributed by atoms with Gasteiger partial charge in [0.05, 0.1) is 5.92 Å². The van der Waals surface area contributed by atoms with Crippen molar-refractivity contribution in [3.05, 3.63) is 34.9 Å². The second-order valence-electron chi connectivity index (χ2n) is 7.25. The molecule has 1 aromatic rings. The molecule has 2 heterocycles. The molecule has 1 unspecified atom stereocenters. The van der Waals surface area contributed by atoms with Crippen molar-refractivity contribution in [1.82, 2.24) is 15.1 Å². The normalized spacial score (nSPS) is 24.0. The number of benzene rings is 1. The Hall–Kier alpha value is -1.10. The van der Waals surface area contributed by atoms with E-state index in [9.17, 15) is 4.79 Å². The number of rotatable bonds is 4. The third-order valence-corrected chi connectivity index (χ3v) is 5.66. The summed E-state index contributed by atoms with van der Waals surface area (Å²) < 4.78 is 0. The van der Waals surface area contributed by atoms with Crippen LogP contribution in [0.1, 0.15) is 31.2 Å². The molecule has 24 heavy (non-hydrogen) atoms. The van der Waals surface area contributed by atoms with Gasteiger partial charge in [0.2, 0.25) is 5.91 Å². The Morgan fingerprint density at radius 1 is 1.21 bits per heavy atom. The van der Waals surface area contributed by atoms with Crippen LogP contribution in [0.15, 0.2) is 24.3 Å². The van der Waals surface area contributed by atoms with Crippen LogP contribution >= 0.6 is 11.6 Å². The van der Waals surface area contributed by atoms with Gasteiger partial charge in [-0.2, -0.15) is 0 Å². The van der Waals surface area contributed by atoms with Crippen LogP contribution in [0, 0.1) is 5.92 Å². The fourth-order valence-corrected chi connectivity index (χ4v) is 3.95. The molecule has 2 saturated heterocycles. The molecule has 1 aromatic carbocycles. The van der Waals surface area contributed by atoms with E-state index in [0.717, 1.165) is 69.0 Å². The quantitative estimate of drug-likeness (QED) is 0.907. The molecule has 0 radical (unpaired) electrons. The van der Waals surface area contributed by atoms with Gasteiger partial charge in [-0.1, -0.05) is 29.8 Å². The third kappa shape index (κ3) is 4.71. The first-order chi connectivity index (χ1) is 11.6. The summed E-state index contributed by atoms with van der Waals surface area (Å²) in [6, 6.07) is 8.35. The van der Waals surface area contributed by atoms with E-state index in [1.807, 2.05) is 18.2 Å². The predicted molar refractivity (Wildman–Crippen MR) is 98.1 cm³/mol. The number of nitrogens with zero attached hydrogens (tertiary/aromatic N) is 2. The van der Waals surface area contributed by atoms with Crippen molar-refractivity contribution >= 4 is 17.5 Å². The van der Waals surface area contributed by atoms with Gasteiger partial charge in [0.1, 0.15) is 0 Å². The standard InChI is InChI=1S/C19H28ClN3O/c1-22-11-8-17(9-12-22)21-19(24)16-6-4-10-23(14-16)13-15-5-2-3-7-18(15)20/h2-3,5,7,16-17H,4,6,8-14H2,1H3,(H,21,24). The van der Waals surface area contributed by atoms with Crippen molar-refractivity contribution in [3.8, 4) is 0 Å². The SMILES string of the molecule is CN1CCC(NC(=O)C2CCCN(Cc3ccccc3Cl)C2)CC1. The van der Waals surface area contributed by atoms with Gasteiger partial charge in [-0.15, -0.1) is 0 Å². The van der Waals surface area contributed by atoms with E-state index in [1.54, 1.807) is 0 Å². The lowest BCUT2D eigenvalue weighted by Gasteiger charge is -2.34. The molecule has 0 aliphatic carbocycles. The molecule has 0 saturated carbocycles. The largest absolute Gasteiger partial charge is 0.353 e. The third-order valence-electron chi connectivity index (χ3n) is 5.29. The molecule has 1 N–H and O–H groups in total. The minimum Gasteiger partial charge on any atom is -0.353 e. The van der Waals surface area contributed by atoms with Crippen molar-refractivity contribution in [2.45, 2.75) is 38.3 Å². The van der Waals surface area contributed by atoms with E-state index in [4.69, 9.17) is 11.6 Å². The minimum absolute atomic E-state index is 0.112. The van der Waals surface area contributed by atoms with Gasteiger partial charge >= 0.3 is 0 Å². The van der Waals surface area contributed by atoms with Crippen molar-refractivity contribution in [2.24, 2.45) is 5.92 Å². The van der Waals surface area contributed by atoms with Crippen molar-refractivity contribution in [3.63, 3.8) is 0 Å². The van der Waals surface area contributed by atoms with E-state index in [0.29, 0.717) is 6.04 Å². The second-order valence-corrected chi connectivity index (χ2v) is 7.66. The monoisotopic (exact) mass is 349 g/mol. The van der Waals surface area contributed by atoms with Gasteiger partial charge in [-0.05, 0) is 64.0 Å². The average molecular weight is 350 g/mol. The molecule has 3 rings (SSSR count). The summed E-state index contributed by atoms with van der Waals surface area (Å²) >= 11 is 6.27. The van der Waals surface area contributed by atoms with Crippen LogP contribution < -0.4 is 5.32 Å². The zero-order chi connectivity index (χ0) is 16.9. The van der Waals surface area contributed by atoms with Gasteiger partial charge in [0.25, 0.3) is 0 Å². The van der Waals surface area contributed by atoms with Crippen LogP contribution in [0.2, 0.25) is 5.02 Å². The maximum Gasteiger partial charge on any atom is 0.224 e. The number of carbonyl (C=O) groups excluding carboxylic acids is 1. The molecule has 4 nitrogen and oxygen atoms in total. The maximum absolute atomic E-state index is 12.6. The number of hydrogen-bond acceptors (Lipinski definition) is 3. The molecule has 0 bridgehead atoms. The number of piperidine rings is 2. The van der Waals surface area contributed by atoms with E-state index >= 15 is 0 Å². The fourth-order valence-electron chi connectivity index (χ4n) is 3.75. The Morgan fingerprint density at radius 2 is 1.96 bits per heavy atom. The highest BCUT2D eigenvalue weighted by molar-refractivity contribution is 6.31. The van der Waals surface area contributed by atoms with E-state index in [1.165, 1.54) is 0 Å². The summed E-state index contributed by atoms with van der Waals surface area (Å²) in [5, 5.41) is 4.10. The first-order valence-electron chi connectivity index (χ1n) is 9.06. The molecular weight excluding hydrogens is 322 g/mol. The molecule has 1 amide bonds. The van der Waals surface area contributed by atoms with Crippen LogP contribution in [0.4, 0.5) is 0 Å². The van der Waals surface area contributed by atoms with Crippen molar-refractivity contribution in [2.75, 3.05) is 33.2 Å². The number of nitrogens with one attached hydrogen (secondary N) is 1. The topological polar surface area (TPSA) is 35.6 Å². The highest BCUT2D eigenvalue weighted by atomic mass is 35.5. The van der Waals surface area contributed by atoms with Crippen LogP contribution in [0.5, 0.6) is 0 Å². The lowest BCUT2D eigenvalue weighted by molar-refractivity contribution is -0.127. The summed E-state index contributed by atoms with van der Waals surface area (Å²) in [5.74, 6) is 0.356. The number of amides is 1. The molecular formula is C19H28ClN3O. The van der Waals surface area contributed by atoms with Gasteiger partial charge in [0.15, 0.2) is 0 Å². The van der Waals surface area contributed by atoms with Gasteiger partial charge < -0.3 is 10.2 Å². The summed E-state index contributed by atoms with van der Waals surface area (Å²) in [6.07, 6.45) is 4.21. The van der Waals surface area contributed by atoms with E-state index in [2.05, 4.69) is 28.2 Å². The zero-order valence-electron chi connectivity index (χ0n) is 14.5. The molecule has 0 spiro atoms. The first-order valence-corrected chi connectivity index (χ1v) is 9.44. The minimum atomic E-state index is 0.112. The molecule has 2 aliphatic rings. The summed E-state index contributed by atoms with van der Waals surface area (Å²) in [7, 11) is 2.14. The Bertz CT molecular complexity index is 557. The smallest absolute Gasteiger partial charge is 0.224 e. The highest BCUT2D eigenvalue weighted by Gasteiger charge is 2.28. The molecule has 132 valence electrons. The number of hydrogen-bond donors (Lipinski definition) is 1. The zero-order valence-corrected chi connectivity index (χ0v) is 15.3. The number of likely N-dealkylation sites (tertiary alicyclic amines) is 2. The van der Waals surface area contributed by atoms with Crippen LogP contribution in [-0.4, -0.2) is 55.0 Å². The average Bonchev–Trinajstić information content (AvgIpc) is 2.59. The molecule has 0 aromatic heterocycles. The number of carbonyl (C=O) groups is 1. The lowest BCUT2D eigenvalue weighted by atomic mass is 9.95. The molecule has 1 atom stereocenters. The van der Waals surface area contributed by atoms with Crippen LogP contribution in [-0.2, 0) is 11.3 Å².